The summed E-state index contributed by atoms with van der Waals surface area (Å²) in [6.45, 7) is 5.39. The van der Waals surface area contributed by atoms with Crippen LogP contribution in [0.5, 0.6) is 0 Å². The number of rotatable bonds is 7. The van der Waals surface area contributed by atoms with Gasteiger partial charge in [0.2, 0.25) is 0 Å². The smallest absolute Gasteiger partial charge is 0.151 e. The van der Waals surface area contributed by atoms with Gasteiger partial charge in [-0.1, -0.05) is 20.3 Å². The van der Waals surface area contributed by atoms with Gasteiger partial charge in [-0.05, 0) is 39.3 Å². The third-order valence-electron chi connectivity index (χ3n) is 3.79. The molecule has 0 aliphatic heterocycles. The van der Waals surface area contributed by atoms with Crippen molar-refractivity contribution in [2.24, 2.45) is 5.92 Å². The highest BCUT2D eigenvalue weighted by molar-refractivity contribution is 7.91. The maximum atomic E-state index is 11.8. The van der Waals surface area contributed by atoms with Crippen molar-refractivity contribution in [3.8, 4) is 0 Å². The van der Waals surface area contributed by atoms with Gasteiger partial charge in [-0.2, -0.15) is 0 Å². The van der Waals surface area contributed by atoms with Crippen LogP contribution >= 0.6 is 0 Å². The Hall–Kier alpha value is -0.130. The molecule has 1 aliphatic rings. The lowest BCUT2D eigenvalue weighted by atomic mass is 10.0. The second kappa shape index (κ2) is 7.04. The van der Waals surface area contributed by atoms with E-state index in [4.69, 9.17) is 0 Å². The fraction of sp³-hybridized carbons (Fsp3) is 1.00. The molecule has 1 aliphatic carbocycles. The van der Waals surface area contributed by atoms with E-state index in [1.807, 2.05) is 0 Å². The van der Waals surface area contributed by atoms with Gasteiger partial charge < -0.3 is 10.2 Å². The van der Waals surface area contributed by atoms with Crippen LogP contribution in [0.2, 0.25) is 0 Å². The molecule has 0 radical (unpaired) electrons. The van der Waals surface area contributed by atoms with Gasteiger partial charge in [0.1, 0.15) is 0 Å². The summed E-state index contributed by atoms with van der Waals surface area (Å²) in [5.74, 6) is 0.621. The highest BCUT2D eigenvalue weighted by atomic mass is 32.2. The third kappa shape index (κ3) is 5.79. The number of hydrogen-bond acceptors (Lipinski definition) is 4. The van der Waals surface area contributed by atoms with Gasteiger partial charge in [0.05, 0.1) is 5.25 Å². The highest BCUT2D eigenvalue weighted by Crippen LogP contribution is 2.26. The highest BCUT2D eigenvalue weighted by Gasteiger charge is 2.35. The van der Waals surface area contributed by atoms with Crippen LogP contribution < -0.4 is 5.32 Å². The van der Waals surface area contributed by atoms with E-state index >= 15 is 0 Å². The van der Waals surface area contributed by atoms with E-state index in [-0.39, 0.29) is 11.3 Å². The van der Waals surface area contributed by atoms with E-state index < -0.39 is 9.84 Å². The zero-order valence-corrected chi connectivity index (χ0v) is 13.8. The molecule has 0 bridgehead atoms. The van der Waals surface area contributed by atoms with Crippen LogP contribution in [0.1, 0.15) is 39.5 Å². The normalized spacial score (nSPS) is 26.3. The quantitative estimate of drug-likeness (QED) is 0.772. The molecule has 5 heteroatoms. The average molecular weight is 290 g/mol. The van der Waals surface area contributed by atoms with Crippen LogP contribution in [0.15, 0.2) is 0 Å². The lowest BCUT2D eigenvalue weighted by molar-refractivity contribution is 0.286. The fourth-order valence-corrected chi connectivity index (χ4v) is 4.54. The summed E-state index contributed by atoms with van der Waals surface area (Å²) >= 11 is 0. The molecule has 19 heavy (non-hydrogen) atoms. The monoisotopic (exact) mass is 290 g/mol. The van der Waals surface area contributed by atoms with Crippen LogP contribution in [0.3, 0.4) is 0 Å². The standard InChI is InChI=1S/C14H30N2O2S/c1-11(2)9-12(10-16(3)4)15-13-7-6-8-14(13)19(5,17)18/h11-15H,6-10H2,1-5H3. The largest absolute Gasteiger partial charge is 0.309 e. The Balaban J connectivity index is 2.66. The summed E-state index contributed by atoms with van der Waals surface area (Å²) in [6.07, 6.45) is 5.28. The molecule has 0 saturated heterocycles. The summed E-state index contributed by atoms with van der Waals surface area (Å²) < 4.78 is 23.6. The van der Waals surface area contributed by atoms with Crippen LogP contribution in [-0.2, 0) is 9.84 Å². The Kier molecular flexibility index (Phi) is 6.27. The van der Waals surface area contributed by atoms with Crippen molar-refractivity contribution in [2.45, 2.75) is 56.9 Å². The molecular weight excluding hydrogens is 260 g/mol. The number of likely N-dealkylation sites (N-methyl/N-ethyl adjacent to an activating group) is 1. The van der Waals surface area contributed by atoms with E-state index in [2.05, 4.69) is 38.2 Å². The Labute approximate surface area is 118 Å². The molecule has 1 N–H and O–H groups in total. The van der Waals surface area contributed by atoms with Crippen molar-refractivity contribution >= 4 is 9.84 Å². The van der Waals surface area contributed by atoms with Gasteiger partial charge in [-0.3, -0.25) is 0 Å². The number of hydrogen-bond donors (Lipinski definition) is 1. The maximum absolute atomic E-state index is 11.8. The summed E-state index contributed by atoms with van der Waals surface area (Å²) in [4.78, 5) is 2.17. The van der Waals surface area contributed by atoms with Gasteiger partial charge >= 0.3 is 0 Å². The molecule has 114 valence electrons. The minimum absolute atomic E-state index is 0.138. The number of sulfone groups is 1. The van der Waals surface area contributed by atoms with Crippen molar-refractivity contribution in [3.63, 3.8) is 0 Å². The number of nitrogens with zero attached hydrogens (tertiary/aromatic N) is 1. The Morgan fingerprint density at radius 1 is 1.26 bits per heavy atom. The molecular formula is C14H30N2O2S. The Bertz CT molecular complexity index is 356. The molecule has 3 atom stereocenters. The van der Waals surface area contributed by atoms with E-state index in [0.717, 1.165) is 32.2 Å². The van der Waals surface area contributed by atoms with Crippen molar-refractivity contribution in [3.05, 3.63) is 0 Å². The summed E-state index contributed by atoms with van der Waals surface area (Å²) in [5.41, 5.74) is 0. The maximum Gasteiger partial charge on any atom is 0.151 e. The van der Waals surface area contributed by atoms with E-state index in [0.29, 0.717) is 12.0 Å². The van der Waals surface area contributed by atoms with Crippen LogP contribution in [0.4, 0.5) is 0 Å². The van der Waals surface area contributed by atoms with Crippen LogP contribution in [0.25, 0.3) is 0 Å². The van der Waals surface area contributed by atoms with Crippen LogP contribution in [0, 0.1) is 5.92 Å². The van der Waals surface area contributed by atoms with E-state index in [1.165, 1.54) is 6.26 Å². The molecule has 0 amide bonds. The lowest BCUT2D eigenvalue weighted by Gasteiger charge is -2.29. The van der Waals surface area contributed by atoms with Crippen molar-refractivity contribution in [1.82, 2.24) is 10.2 Å². The second-order valence-electron chi connectivity index (χ2n) is 6.66. The minimum atomic E-state index is -2.93. The molecule has 0 aromatic carbocycles. The van der Waals surface area contributed by atoms with Gasteiger partial charge in [0.25, 0.3) is 0 Å². The first-order valence-corrected chi connectivity index (χ1v) is 9.25. The van der Waals surface area contributed by atoms with E-state index in [1.54, 1.807) is 0 Å². The predicted octanol–water partition coefficient (Wildman–Crippen LogP) is 1.52. The number of nitrogens with one attached hydrogen (secondary N) is 1. The molecule has 0 aromatic rings. The van der Waals surface area contributed by atoms with E-state index in [9.17, 15) is 8.42 Å². The fourth-order valence-electron chi connectivity index (χ4n) is 3.14. The average Bonchev–Trinajstić information content (AvgIpc) is 2.62. The zero-order chi connectivity index (χ0) is 14.6. The second-order valence-corrected chi connectivity index (χ2v) is 8.93. The summed E-state index contributed by atoms with van der Waals surface area (Å²) in [6, 6.07) is 0.515. The molecule has 3 unspecified atom stereocenters. The third-order valence-corrected chi connectivity index (χ3v) is 5.46. The first kappa shape index (κ1) is 16.9. The molecule has 1 fully saturated rings. The predicted molar refractivity (Wildman–Crippen MR) is 81.2 cm³/mol. The molecule has 0 heterocycles. The topological polar surface area (TPSA) is 49.4 Å². The first-order chi connectivity index (χ1) is 8.70. The van der Waals surface area contributed by atoms with Gasteiger partial charge in [0.15, 0.2) is 9.84 Å². The van der Waals surface area contributed by atoms with Crippen molar-refractivity contribution in [1.29, 1.82) is 0 Å². The SMILES string of the molecule is CC(C)CC(CN(C)C)NC1CCCC1S(C)(=O)=O. The molecule has 0 aromatic heterocycles. The molecule has 4 nitrogen and oxygen atoms in total. The zero-order valence-electron chi connectivity index (χ0n) is 13.0. The van der Waals surface area contributed by atoms with Gasteiger partial charge in [0, 0.05) is 24.9 Å². The molecule has 1 saturated carbocycles. The Morgan fingerprint density at radius 3 is 2.37 bits per heavy atom. The lowest BCUT2D eigenvalue weighted by Crippen LogP contribution is -2.49. The summed E-state index contributed by atoms with van der Waals surface area (Å²) in [5, 5.41) is 3.42. The minimum Gasteiger partial charge on any atom is -0.309 e. The molecule has 1 rings (SSSR count). The summed E-state index contributed by atoms with van der Waals surface area (Å²) in [7, 11) is 1.20. The molecule has 0 spiro atoms. The Morgan fingerprint density at radius 2 is 1.89 bits per heavy atom. The van der Waals surface area contributed by atoms with Gasteiger partial charge in [-0.25, -0.2) is 8.42 Å². The van der Waals surface area contributed by atoms with Crippen molar-refractivity contribution in [2.75, 3.05) is 26.9 Å². The van der Waals surface area contributed by atoms with Gasteiger partial charge in [-0.15, -0.1) is 0 Å². The van der Waals surface area contributed by atoms with Crippen molar-refractivity contribution < 1.29 is 8.42 Å². The van der Waals surface area contributed by atoms with Crippen LogP contribution in [-0.4, -0.2) is 57.5 Å². The first-order valence-electron chi connectivity index (χ1n) is 7.29.